The summed E-state index contributed by atoms with van der Waals surface area (Å²) in [5.41, 5.74) is 1.63. The molecule has 0 saturated heterocycles. The van der Waals surface area contributed by atoms with Crippen molar-refractivity contribution in [2.75, 3.05) is 0 Å². The summed E-state index contributed by atoms with van der Waals surface area (Å²) in [6.07, 6.45) is 0.920. The lowest BCUT2D eigenvalue weighted by Crippen LogP contribution is -2.26. The molecule has 0 fully saturated rings. The summed E-state index contributed by atoms with van der Waals surface area (Å²) in [5.74, 6) is 0. The molecule has 76 valence electrons. The van der Waals surface area contributed by atoms with Crippen molar-refractivity contribution in [2.45, 2.75) is 32.6 Å². The van der Waals surface area contributed by atoms with Gasteiger partial charge in [0, 0.05) is 0 Å². The van der Waals surface area contributed by atoms with E-state index in [-0.39, 0.29) is 5.24 Å². The zero-order valence-electron chi connectivity index (χ0n) is 8.80. The average Bonchev–Trinajstić information content (AvgIpc) is 2.17. The molecule has 1 aromatic rings. The molecule has 0 saturated carbocycles. The van der Waals surface area contributed by atoms with E-state index in [4.69, 9.17) is 11.6 Å². The molecule has 0 radical (unpaired) electrons. The van der Waals surface area contributed by atoms with Gasteiger partial charge in [0.25, 0.3) is 0 Å². The van der Waals surface area contributed by atoms with E-state index in [2.05, 4.69) is 6.92 Å². The number of carbonyl (C=O) groups excluding carboxylic acids is 1. The van der Waals surface area contributed by atoms with Crippen molar-refractivity contribution in [3.8, 4) is 0 Å². The smallest absolute Gasteiger partial charge is 0.231 e. The van der Waals surface area contributed by atoms with Crippen molar-refractivity contribution in [1.29, 1.82) is 0 Å². The second-order valence-corrected chi connectivity index (χ2v) is 4.25. The second-order valence-electron chi connectivity index (χ2n) is 3.91. The molecule has 0 N–H and O–H groups in total. The maximum absolute atomic E-state index is 11.3. The molecule has 0 spiro atoms. The van der Waals surface area contributed by atoms with E-state index in [1.165, 1.54) is 5.56 Å². The van der Waals surface area contributed by atoms with Gasteiger partial charge in [-0.15, -0.1) is 0 Å². The largest absolute Gasteiger partial charge is 0.280 e. The molecule has 0 unspecified atom stereocenters. The Bertz CT molecular complexity index is 342. The number of rotatable bonds is 3. The Labute approximate surface area is 90.1 Å². The Kier molecular flexibility index (Phi) is 3.33. The fourth-order valence-corrected chi connectivity index (χ4v) is 1.65. The van der Waals surface area contributed by atoms with E-state index in [0.29, 0.717) is 0 Å². The third kappa shape index (κ3) is 1.98. The molecule has 0 aliphatic rings. The van der Waals surface area contributed by atoms with E-state index in [9.17, 15) is 4.79 Å². The van der Waals surface area contributed by atoms with Gasteiger partial charge in [0.2, 0.25) is 5.24 Å². The lowest BCUT2D eigenvalue weighted by molar-refractivity contribution is -0.115. The molecule has 0 atom stereocenters. The molecule has 2 heteroatoms. The minimum absolute atomic E-state index is 0.307. The van der Waals surface area contributed by atoms with Crippen molar-refractivity contribution in [1.82, 2.24) is 0 Å². The van der Waals surface area contributed by atoms with Gasteiger partial charge in [-0.1, -0.05) is 31.2 Å². The van der Waals surface area contributed by atoms with Crippen molar-refractivity contribution in [3.05, 3.63) is 35.4 Å². The molecule has 0 bridgehead atoms. The third-order valence-electron chi connectivity index (χ3n) is 2.56. The predicted molar refractivity (Wildman–Crippen MR) is 59.7 cm³/mol. The lowest BCUT2D eigenvalue weighted by Gasteiger charge is -2.23. The van der Waals surface area contributed by atoms with Crippen LogP contribution in [0.2, 0.25) is 0 Å². The Morgan fingerprint density at radius 1 is 1.36 bits per heavy atom. The Balaban J connectivity index is 3.24. The molecule has 0 aliphatic heterocycles. The first-order chi connectivity index (χ1) is 6.50. The van der Waals surface area contributed by atoms with Crippen LogP contribution in [0.1, 0.15) is 31.9 Å². The first-order valence-electron chi connectivity index (χ1n) is 4.78. The van der Waals surface area contributed by atoms with E-state index in [1.807, 2.05) is 38.1 Å². The molecule has 0 aliphatic carbocycles. The van der Waals surface area contributed by atoms with Crippen molar-refractivity contribution in [3.63, 3.8) is 0 Å². The zero-order chi connectivity index (χ0) is 10.8. The highest BCUT2D eigenvalue weighted by molar-refractivity contribution is 6.65. The van der Waals surface area contributed by atoms with Gasteiger partial charge in [-0.05, 0) is 43.0 Å². The first kappa shape index (κ1) is 11.3. The van der Waals surface area contributed by atoms with Gasteiger partial charge in [-0.25, -0.2) is 0 Å². The maximum atomic E-state index is 11.3. The summed E-state index contributed by atoms with van der Waals surface area (Å²) in [6, 6.07) is 7.93. The Hall–Kier alpha value is -0.820. The minimum Gasteiger partial charge on any atom is -0.280 e. The Morgan fingerprint density at radius 2 is 1.93 bits per heavy atom. The second kappa shape index (κ2) is 4.14. The zero-order valence-corrected chi connectivity index (χ0v) is 9.56. The molecule has 0 aromatic heterocycles. The fraction of sp³-hybridized carbons (Fsp3) is 0.417. The number of halogens is 1. The van der Waals surface area contributed by atoms with Gasteiger partial charge in [0.15, 0.2) is 0 Å². The maximum Gasteiger partial charge on any atom is 0.231 e. The number of benzene rings is 1. The number of aryl methyl sites for hydroxylation is 1. The van der Waals surface area contributed by atoms with Gasteiger partial charge < -0.3 is 0 Å². The summed E-state index contributed by atoms with van der Waals surface area (Å²) in [6.45, 7) is 5.79. The summed E-state index contributed by atoms with van der Waals surface area (Å²) in [5, 5.41) is -0.307. The first-order valence-corrected chi connectivity index (χ1v) is 5.16. The molecule has 1 rings (SSSR count). The monoisotopic (exact) mass is 210 g/mol. The van der Waals surface area contributed by atoms with Crippen LogP contribution in [0, 0.1) is 0 Å². The van der Waals surface area contributed by atoms with Crippen LogP contribution in [0.4, 0.5) is 0 Å². The van der Waals surface area contributed by atoms with Crippen LogP contribution >= 0.6 is 11.6 Å². The molecule has 1 nitrogen and oxygen atoms in total. The number of hydrogen-bond donors (Lipinski definition) is 0. The lowest BCUT2D eigenvalue weighted by atomic mass is 9.82. The minimum atomic E-state index is -0.589. The van der Waals surface area contributed by atoms with Crippen LogP contribution in [-0.2, 0) is 16.6 Å². The average molecular weight is 211 g/mol. The van der Waals surface area contributed by atoms with E-state index >= 15 is 0 Å². The van der Waals surface area contributed by atoms with Crippen molar-refractivity contribution < 1.29 is 4.79 Å². The summed E-state index contributed by atoms with van der Waals surface area (Å²) in [4.78, 5) is 11.3. The number of carbonyl (C=O) groups is 1. The molecule has 14 heavy (non-hydrogen) atoms. The highest BCUT2D eigenvalue weighted by Crippen LogP contribution is 2.28. The van der Waals surface area contributed by atoms with E-state index in [0.717, 1.165) is 12.0 Å². The van der Waals surface area contributed by atoms with Crippen LogP contribution in [0.15, 0.2) is 24.3 Å². The van der Waals surface area contributed by atoms with Gasteiger partial charge >= 0.3 is 0 Å². The van der Waals surface area contributed by atoms with Gasteiger partial charge in [0.1, 0.15) is 0 Å². The molecule has 0 heterocycles. The van der Waals surface area contributed by atoms with Crippen LogP contribution in [0.25, 0.3) is 0 Å². The van der Waals surface area contributed by atoms with Gasteiger partial charge in [-0.2, -0.15) is 0 Å². The highest BCUT2D eigenvalue weighted by Gasteiger charge is 2.29. The Morgan fingerprint density at radius 3 is 2.43 bits per heavy atom. The van der Waals surface area contributed by atoms with Crippen LogP contribution in [0.5, 0.6) is 0 Å². The van der Waals surface area contributed by atoms with E-state index in [1.54, 1.807) is 0 Å². The number of hydrogen-bond acceptors (Lipinski definition) is 1. The van der Waals surface area contributed by atoms with Crippen LogP contribution < -0.4 is 0 Å². The van der Waals surface area contributed by atoms with Crippen molar-refractivity contribution >= 4 is 16.8 Å². The summed E-state index contributed by atoms with van der Waals surface area (Å²) in [7, 11) is 0. The predicted octanol–water partition coefficient (Wildman–Crippen LogP) is 3.29. The molecule has 1 aromatic carbocycles. The highest BCUT2D eigenvalue weighted by atomic mass is 35.5. The topological polar surface area (TPSA) is 17.1 Å². The molecule has 0 amide bonds. The standard InChI is InChI=1S/C12H15ClO/c1-4-9-7-5-6-8-10(9)12(2,3)11(13)14/h5-8H,4H2,1-3H3. The SMILES string of the molecule is CCc1ccccc1C(C)(C)C(=O)Cl. The van der Waals surface area contributed by atoms with Crippen LogP contribution in [-0.4, -0.2) is 5.24 Å². The summed E-state index contributed by atoms with van der Waals surface area (Å²) < 4.78 is 0. The van der Waals surface area contributed by atoms with Gasteiger partial charge in [-0.3, -0.25) is 4.79 Å². The van der Waals surface area contributed by atoms with Crippen molar-refractivity contribution in [2.24, 2.45) is 0 Å². The summed E-state index contributed by atoms with van der Waals surface area (Å²) >= 11 is 5.59. The van der Waals surface area contributed by atoms with Gasteiger partial charge in [0.05, 0.1) is 5.41 Å². The quantitative estimate of drug-likeness (QED) is 0.700. The van der Waals surface area contributed by atoms with Crippen LogP contribution in [0.3, 0.4) is 0 Å². The molecular formula is C12H15ClO. The third-order valence-corrected chi connectivity index (χ3v) is 3.04. The fourth-order valence-electron chi connectivity index (χ4n) is 1.54. The molecular weight excluding hydrogens is 196 g/mol. The normalized spacial score (nSPS) is 11.4. The van der Waals surface area contributed by atoms with E-state index < -0.39 is 5.41 Å².